The van der Waals surface area contributed by atoms with E-state index in [1.807, 2.05) is 0 Å². The van der Waals surface area contributed by atoms with Gasteiger partial charge in [0.25, 0.3) is 0 Å². The maximum absolute atomic E-state index is 11.7. The Hall–Kier alpha value is -1.10. The van der Waals surface area contributed by atoms with Gasteiger partial charge in [0, 0.05) is 19.6 Å². The van der Waals surface area contributed by atoms with Crippen LogP contribution in [0.15, 0.2) is 0 Å². The van der Waals surface area contributed by atoms with Gasteiger partial charge >= 0.3 is 5.97 Å². The summed E-state index contributed by atoms with van der Waals surface area (Å²) in [7, 11) is 0. The predicted molar refractivity (Wildman–Crippen MR) is 76.6 cm³/mol. The second-order valence-electron chi connectivity index (χ2n) is 5.45. The lowest BCUT2D eigenvalue weighted by Crippen LogP contribution is -2.31. The molecule has 1 heterocycles. The zero-order chi connectivity index (χ0) is 14.6. The lowest BCUT2D eigenvalue weighted by atomic mass is 10.1. The van der Waals surface area contributed by atoms with E-state index >= 15 is 0 Å². The molecule has 0 aromatic carbocycles. The highest BCUT2D eigenvalue weighted by atomic mass is 16.5. The summed E-state index contributed by atoms with van der Waals surface area (Å²) in [6.45, 7) is 1.50. The number of hydrogen-bond donors (Lipinski definition) is 2. The zero-order valence-corrected chi connectivity index (χ0v) is 12.2. The summed E-state index contributed by atoms with van der Waals surface area (Å²) in [5, 5.41) is 11.4. The molecule has 1 amide bonds. The van der Waals surface area contributed by atoms with Crippen molar-refractivity contribution >= 4 is 11.9 Å². The van der Waals surface area contributed by atoms with Crippen LogP contribution in [0.3, 0.4) is 0 Å². The van der Waals surface area contributed by atoms with Crippen molar-refractivity contribution in [2.45, 2.75) is 70.3 Å². The minimum atomic E-state index is -0.720. The van der Waals surface area contributed by atoms with Gasteiger partial charge in [-0.3, -0.25) is 9.59 Å². The molecule has 2 N–H and O–H groups in total. The summed E-state index contributed by atoms with van der Waals surface area (Å²) in [4.78, 5) is 22.0. The van der Waals surface area contributed by atoms with E-state index in [0.29, 0.717) is 13.0 Å². The standard InChI is InChI=1S/C15H27NO4/c17-14(12-13-8-5-7-11-20-13)16-10-6-3-1-2-4-9-15(18)19/h13H,1-12H2,(H,16,17)(H,18,19). The third kappa shape index (κ3) is 8.91. The molecule has 20 heavy (non-hydrogen) atoms. The number of carboxylic acid groups (broad SMARTS) is 1. The fourth-order valence-corrected chi connectivity index (χ4v) is 2.41. The molecular formula is C15H27NO4. The predicted octanol–water partition coefficient (Wildman–Crippen LogP) is 2.49. The second-order valence-corrected chi connectivity index (χ2v) is 5.45. The van der Waals surface area contributed by atoms with Crippen LogP contribution in [0.2, 0.25) is 0 Å². The largest absolute Gasteiger partial charge is 0.481 e. The molecule has 0 aliphatic carbocycles. The average Bonchev–Trinajstić information content (AvgIpc) is 2.42. The summed E-state index contributed by atoms with van der Waals surface area (Å²) < 4.78 is 5.53. The number of carbonyl (C=O) groups excluding carboxylic acids is 1. The zero-order valence-electron chi connectivity index (χ0n) is 12.2. The van der Waals surface area contributed by atoms with Crippen molar-refractivity contribution in [1.29, 1.82) is 0 Å². The third-order valence-electron chi connectivity index (χ3n) is 3.58. The summed E-state index contributed by atoms with van der Waals surface area (Å²) in [5.41, 5.74) is 0. The highest BCUT2D eigenvalue weighted by Gasteiger charge is 2.16. The highest BCUT2D eigenvalue weighted by molar-refractivity contribution is 5.76. The van der Waals surface area contributed by atoms with Gasteiger partial charge in [-0.2, -0.15) is 0 Å². The number of hydrogen-bond acceptors (Lipinski definition) is 3. The van der Waals surface area contributed by atoms with Gasteiger partial charge in [0.2, 0.25) is 5.91 Å². The van der Waals surface area contributed by atoms with E-state index in [9.17, 15) is 9.59 Å². The lowest BCUT2D eigenvalue weighted by molar-refractivity contribution is -0.137. The van der Waals surface area contributed by atoms with Crippen molar-refractivity contribution < 1.29 is 19.4 Å². The Morgan fingerprint density at radius 3 is 2.55 bits per heavy atom. The third-order valence-corrected chi connectivity index (χ3v) is 3.58. The molecule has 5 nitrogen and oxygen atoms in total. The maximum atomic E-state index is 11.7. The normalized spacial score (nSPS) is 18.7. The smallest absolute Gasteiger partial charge is 0.303 e. The molecule has 1 saturated heterocycles. The van der Waals surface area contributed by atoms with Gasteiger partial charge in [-0.05, 0) is 32.1 Å². The van der Waals surface area contributed by atoms with Crippen LogP contribution in [-0.2, 0) is 14.3 Å². The van der Waals surface area contributed by atoms with E-state index in [0.717, 1.165) is 58.0 Å². The van der Waals surface area contributed by atoms with Crippen LogP contribution in [-0.4, -0.2) is 36.2 Å². The monoisotopic (exact) mass is 285 g/mol. The fraction of sp³-hybridized carbons (Fsp3) is 0.867. The first-order valence-corrected chi connectivity index (χ1v) is 7.78. The number of carbonyl (C=O) groups is 2. The van der Waals surface area contributed by atoms with Crippen LogP contribution in [0.4, 0.5) is 0 Å². The van der Waals surface area contributed by atoms with E-state index in [1.54, 1.807) is 0 Å². The first-order chi connectivity index (χ1) is 9.68. The summed E-state index contributed by atoms with van der Waals surface area (Å²) in [5.74, 6) is -0.634. The van der Waals surface area contributed by atoms with Crippen LogP contribution in [0, 0.1) is 0 Å². The lowest BCUT2D eigenvalue weighted by Gasteiger charge is -2.21. The Kier molecular flexibility index (Phi) is 9.04. The molecule has 1 unspecified atom stereocenters. The molecule has 0 aromatic heterocycles. The molecule has 1 rings (SSSR count). The average molecular weight is 285 g/mol. The van der Waals surface area contributed by atoms with Crippen molar-refractivity contribution in [2.75, 3.05) is 13.2 Å². The molecule has 0 bridgehead atoms. The minimum Gasteiger partial charge on any atom is -0.481 e. The highest BCUT2D eigenvalue weighted by Crippen LogP contribution is 2.15. The van der Waals surface area contributed by atoms with E-state index in [-0.39, 0.29) is 18.4 Å². The Balaban J connectivity index is 1.87. The number of aliphatic carboxylic acids is 1. The Morgan fingerprint density at radius 1 is 1.10 bits per heavy atom. The van der Waals surface area contributed by atoms with Gasteiger partial charge in [-0.25, -0.2) is 0 Å². The van der Waals surface area contributed by atoms with Crippen molar-refractivity contribution in [3.63, 3.8) is 0 Å². The van der Waals surface area contributed by atoms with Crippen LogP contribution in [0.25, 0.3) is 0 Å². The van der Waals surface area contributed by atoms with E-state index < -0.39 is 5.97 Å². The minimum absolute atomic E-state index is 0.0859. The van der Waals surface area contributed by atoms with E-state index in [1.165, 1.54) is 0 Å². The van der Waals surface area contributed by atoms with E-state index in [2.05, 4.69) is 5.32 Å². The van der Waals surface area contributed by atoms with Crippen LogP contribution >= 0.6 is 0 Å². The second kappa shape index (κ2) is 10.7. The first-order valence-electron chi connectivity index (χ1n) is 7.78. The molecular weight excluding hydrogens is 258 g/mol. The number of unbranched alkanes of at least 4 members (excludes halogenated alkanes) is 4. The van der Waals surface area contributed by atoms with Gasteiger partial charge < -0.3 is 15.2 Å². The SMILES string of the molecule is O=C(O)CCCCCCCNC(=O)CC1CCCCO1. The number of rotatable bonds is 10. The van der Waals surface area contributed by atoms with Gasteiger partial charge in [-0.15, -0.1) is 0 Å². The van der Waals surface area contributed by atoms with Crippen LogP contribution in [0.1, 0.15) is 64.2 Å². The Labute approximate surface area is 121 Å². The number of carboxylic acids is 1. The molecule has 0 spiro atoms. The summed E-state index contributed by atoms with van der Waals surface area (Å²) in [6, 6.07) is 0. The molecule has 5 heteroatoms. The number of nitrogens with one attached hydrogen (secondary N) is 1. The van der Waals surface area contributed by atoms with Gasteiger partial charge in [0.05, 0.1) is 12.5 Å². The molecule has 0 saturated carbocycles. The quantitative estimate of drug-likeness (QED) is 0.605. The van der Waals surface area contributed by atoms with E-state index in [4.69, 9.17) is 9.84 Å². The molecule has 1 fully saturated rings. The topological polar surface area (TPSA) is 75.6 Å². The molecule has 0 radical (unpaired) electrons. The molecule has 1 aliphatic rings. The van der Waals surface area contributed by atoms with Crippen LogP contribution < -0.4 is 5.32 Å². The van der Waals surface area contributed by atoms with Crippen molar-refractivity contribution in [1.82, 2.24) is 5.32 Å². The van der Waals surface area contributed by atoms with Crippen molar-refractivity contribution in [3.05, 3.63) is 0 Å². The molecule has 116 valence electrons. The van der Waals surface area contributed by atoms with Crippen LogP contribution in [0.5, 0.6) is 0 Å². The molecule has 1 aliphatic heterocycles. The molecule has 0 aromatic rings. The van der Waals surface area contributed by atoms with Gasteiger partial charge in [0.15, 0.2) is 0 Å². The number of amides is 1. The fourth-order valence-electron chi connectivity index (χ4n) is 2.41. The van der Waals surface area contributed by atoms with Gasteiger partial charge in [-0.1, -0.05) is 19.3 Å². The first kappa shape index (κ1) is 17.0. The molecule has 1 atom stereocenters. The number of ether oxygens (including phenoxy) is 1. The maximum Gasteiger partial charge on any atom is 0.303 e. The van der Waals surface area contributed by atoms with Gasteiger partial charge in [0.1, 0.15) is 0 Å². The summed E-state index contributed by atoms with van der Waals surface area (Å²) in [6.07, 6.45) is 8.87. The Morgan fingerprint density at radius 2 is 1.85 bits per heavy atom. The van der Waals surface area contributed by atoms with Crippen molar-refractivity contribution in [2.24, 2.45) is 0 Å². The summed E-state index contributed by atoms with van der Waals surface area (Å²) >= 11 is 0. The Bertz CT molecular complexity index is 288. The van der Waals surface area contributed by atoms with Crippen molar-refractivity contribution in [3.8, 4) is 0 Å².